The van der Waals surface area contributed by atoms with Crippen molar-refractivity contribution in [3.05, 3.63) is 29.6 Å². The Morgan fingerprint density at radius 2 is 2.05 bits per heavy atom. The van der Waals surface area contributed by atoms with Crippen LogP contribution >= 0.6 is 0 Å². The van der Waals surface area contributed by atoms with E-state index in [9.17, 15) is 17.6 Å². The summed E-state index contributed by atoms with van der Waals surface area (Å²) in [4.78, 5) is 11.7. The Labute approximate surface area is 122 Å². The molecule has 2 saturated carbocycles. The molecule has 3 rings (SSSR count). The quantitative estimate of drug-likeness (QED) is 0.861. The fourth-order valence-electron chi connectivity index (χ4n) is 2.79. The van der Waals surface area contributed by atoms with Gasteiger partial charge < -0.3 is 5.32 Å². The highest BCUT2D eigenvalue weighted by molar-refractivity contribution is 7.89. The summed E-state index contributed by atoms with van der Waals surface area (Å²) in [7, 11) is -3.97. The van der Waals surface area contributed by atoms with E-state index in [1.165, 1.54) is 12.8 Å². The number of halogens is 1. The summed E-state index contributed by atoms with van der Waals surface area (Å²) >= 11 is 0. The smallest absolute Gasteiger partial charge is 0.254 e. The molecule has 0 unspecified atom stereocenters. The van der Waals surface area contributed by atoms with Crippen LogP contribution in [0.3, 0.4) is 0 Å². The first-order valence-corrected chi connectivity index (χ1v) is 8.47. The van der Waals surface area contributed by atoms with E-state index in [0.717, 1.165) is 31.0 Å². The normalized spacial score (nSPS) is 20.1. The molecule has 1 amide bonds. The highest BCUT2D eigenvalue weighted by atomic mass is 32.2. The first-order valence-electron chi connectivity index (χ1n) is 6.92. The van der Waals surface area contributed by atoms with Crippen LogP contribution in [0.4, 0.5) is 4.39 Å². The second-order valence-electron chi connectivity index (χ2n) is 6.01. The molecule has 1 aromatic rings. The highest BCUT2D eigenvalue weighted by Crippen LogP contribution is 2.60. The summed E-state index contributed by atoms with van der Waals surface area (Å²) < 4.78 is 36.1. The Bertz CT molecular complexity index is 694. The zero-order chi connectivity index (χ0) is 15.3. The van der Waals surface area contributed by atoms with Crippen LogP contribution in [0.15, 0.2) is 23.1 Å². The number of carbonyl (C=O) groups excluding carboxylic acids is 1. The van der Waals surface area contributed by atoms with Crippen molar-refractivity contribution in [2.45, 2.75) is 30.6 Å². The number of carbonyl (C=O) groups is 1. The standard InChI is InChI=1S/C14H17FN2O3S/c15-12-7-10(21(16,19)20)3-4-11(12)13(18)17-8-14(5-6-14)9-1-2-9/h3-4,7,9H,1-2,5-6,8H2,(H,17,18)(H2,16,19,20). The van der Waals surface area contributed by atoms with Crippen LogP contribution in [-0.2, 0) is 10.0 Å². The summed E-state index contributed by atoms with van der Waals surface area (Å²) in [5.41, 5.74) is 0.0705. The molecule has 0 saturated heterocycles. The van der Waals surface area contributed by atoms with Gasteiger partial charge in [-0.2, -0.15) is 0 Å². The number of amides is 1. The summed E-state index contributed by atoms with van der Waals surface area (Å²) in [5, 5.41) is 7.68. The zero-order valence-corrected chi connectivity index (χ0v) is 12.2. The fourth-order valence-corrected chi connectivity index (χ4v) is 3.32. The van der Waals surface area contributed by atoms with Gasteiger partial charge in [0.2, 0.25) is 10.0 Å². The Morgan fingerprint density at radius 1 is 1.38 bits per heavy atom. The lowest BCUT2D eigenvalue weighted by Crippen LogP contribution is -2.31. The van der Waals surface area contributed by atoms with Crippen LogP contribution in [0.25, 0.3) is 0 Å². The van der Waals surface area contributed by atoms with E-state index in [-0.39, 0.29) is 15.9 Å². The Balaban J connectivity index is 1.70. The molecule has 0 atom stereocenters. The van der Waals surface area contributed by atoms with Gasteiger partial charge in [0.25, 0.3) is 5.91 Å². The van der Waals surface area contributed by atoms with E-state index >= 15 is 0 Å². The number of sulfonamides is 1. The minimum absolute atomic E-state index is 0.158. The molecule has 0 aromatic heterocycles. The monoisotopic (exact) mass is 312 g/mol. The maximum atomic E-state index is 13.9. The molecule has 0 spiro atoms. The van der Waals surface area contributed by atoms with E-state index in [1.807, 2.05) is 0 Å². The molecular formula is C14H17FN2O3S. The van der Waals surface area contributed by atoms with Gasteiger partial charge in [-0.05, 0) is 55.2 Å². The van der Waals surface area contributed by atoms with Gasteiger partial charge >= 0.3 is 0 Å². The summed E-state index contributed by atoms with van der Waals surface area (Å²) in [6.45, 7) is 0.562. The molecule has 0 heterocycles. The van der Waals surface area contributed by atoms with Gasteiger partial charge in [-0.3, -0.25) is 4.79 Å². The van der Waals surface area contributed by atoms with Crippen LogP contribution < -0.4 is 10.5 Å². The molecule has 2 fully saturated rings. The molecule has 2 aliphatic carbocycles. The van der Waals surface area contributed by atoms with Crippen molar-refractivity contribution in [1.29, 1.82) is 0 Å². The summed E-state index contributed by atoms with van der Waals surface area (Å²) in [5.74, 6) is -0.692. The summed E-state index contributed by atoms with van der Waals surface area (Å²) in [6, 6.07) is 3.07. The van der Waals surface area contributed by atoms with Gasteiger partial charge in [-0.15, -0.1) is 0 Å². The van der Waals surface area contributed by atoms with Crippen LogP contribution in [0.2, 0.25) is 0 Å². The van der Waals surface area contributed by atoms with Gasteiger partial charge in [0.15, 0.2) is 0 Å². The van der Waals surface area contributed by atoms with Crippen LogP contribution in [-0.4, -0.2) is 20.9 Å². The third-order valence-electron chi connectivity index (χ3n) is 4.45. The lowest BCUT2D eigenvalue weighted by atomic mass is 10.0. The van der Waals surface area contributed by atoms with E-state index in [1.54, 1.807) is 0 Å². The third kappa shape index (κ3) is 2.94. The average Bonchev–Trinajstić information content (AvgIpc) is 3.25. The summed E-state index contributed by atoms with van der Waals surface area (Å²) in [6.07, 6.45) is 4.66. The molecule has 2 aliphatic rings. The van der Waals surface area contributed by atoms with Gasteiger partial charge in [0, 0.05) is 6.54 Å². The van der Waals surface area contributed by atoms with Crippen molar-refractivity contribution in [3.8, 4) is 0 Å². The number of hydrogen-bond donors (Lipinski definition) is 2. The number of nitrogens with one attached hydrogen (secondary N) is 1. The van der Waals surface area contributed by atoms with Crippen LogP contribution in [0.1, 0.15) is 36.0 Å². The van der Waals surface area contributed by atoms with Crippen molar-refractivity contribution in [2.24, 2.45) is 16.5 Å². The molecule has 3 N–H and O–H groups in total. The maximum absolute atomic E-state index is 13.9. The number of hydrogen-bond acceptors (Lipinski definition) is 3. The minimum atomic E-state index is -3.97. The first kappa shape index (κ1) is 14.5. The van der Waals surface area contributed by atoms with Crippen LogP contribution in [0, 0.1) is 17.2 Å². The number of benzene rings is 1. The molecule has 21 heavy (non-hydrogen) atoms. The lowest BCUT2D eigenvalue weighted by molar-refractivity contribution is 0.0938. The van der Waals surface area contributed by atoms with E-state index < -0.39 is 21.7 Å². The molecular weight excluding hydrogens is 295 g/mol. The average molecular weight is 312 g/mol. The molecule has 0 aliphatic heterocycles. The molecule has 1 aromatic carbocycles. The minimum Gasteiger partial charge on any atom is -0.351 e. The predicted octanol–water partition coefficient (Wildman–Crippen LogP) is 1.39. The SMILES string of the molecule is NS(=O)(=O)c1ccc(C(=O)NCC2(C3CC3)CC2)c(F)c1. The largest absolute Gasteiger partial charge is 0.351 e. The van der Waals surface area contributed by atoms with Crippen molar-refractivity contribution >= 4 is 15.9 Å². The van der Waals surface area contributed by atoms with Crippen molar-refractivity contribution in [3.63, 3.8) is 0 Å². The Kier molecular flexibility index (Phi) is 3.29. The topological polar surface area (TPSA) is 89.3 Å². The zero-order valence-electron chi connectivity index (χ0n) is 11.4. The Hall–Kier alpha value is -1.47. The third-order valence-corrected chi connectivity index (χ3v) is 5.36. The molecule has 7 heteroatoms. The lowest BCUT2D eigenvalue weighted by Gasteiger charge is -2.15. The second-order valence-corrected chi connectivity index (χ2v) is 7.57. The van der Waals surface area contributed by atoms with Crippen LogP contribution in [0.5, 0.6) is 0 Å². The second kappa shape index (κ2) is 4.78. The first-order chi connectivity index (χ1) is 9.82. The Morgan fingerprint density at radius 3 is 2.52 bits per heavy atom. The van der Waals surface area contributed by atoms with Crippen molar-refractivity contribution in [2.75, 3.05) is 6.54 Å². The van der Waals surface area contributed by atoms with Crippen molar-refractivity contribution < 1.29 is 17.6 Å². The maximum Gasteiger partial charge on any atom is 0.254 e. The van der Waals surface area contributed by atoms with Gasteiger partial charge in [-0.1, -0.05) is 0 Å². The van der Waals surface area contributed by atoms with E-state index in [0.29, 0.717) is 12.5 Å². The van der Waals surface area contributed by atoms with Gasteiger partial charge in [0.05, 0.1) is 10.5 Å². The van der Waals surface area contributed by atoms with Gasteiger partial charge in [0.1, 0.15) is 5.82 Å². The number of primary sulfonamides is 1. The molecule has 114 valence electrons. The highest BCUT2D eigenvalue weighted by Gasteiger charge is 2.53. The molecule has 0 bridgehead atoms. The number of nitrogens with two attached hydrogens (primary N) is 1. The molecule has 0 radical (unpaired) electrons. The fraction of sp³-hybridized carbons (Fsp3) is 0.500. The predicted molar refractivity (Wildman–Crippen MR) is 74.5 cm³/mol. The molecule has 5 nitrogen and oxygen atoms in total. The van der Waals surface area contributed by atoms with Crippen molar-refractivity contribution in [1.82, 2.24) is 5.32 Å². The van der Waals surface area contributed by atoms with E-state index in [4.69, 9.17) is 5.14 Å². The van der Waals surface area contributed by atoms with E-state index in [2.05, 4.69) is 5.32 Å². The number of rotatable bonds is 5. The van der Waals surface area contributed by atoms with Gasteiger partial charge in [-0.25, -0.2) is 17.9 Å².